The number of rotatable bonds is 2. The molecule has 2 aromatic rings. The number of alkyl halides is 1. The Morgan fingerprint density at radius 2 is 1.74 bits per heavy atom. The highest BCUT2D eigenvalue weighted by Crippen LogP contribution is 2.34. The van der Waals surface area contributed by atoms with E-state index in [1.165, 1.54) is 4.90 Å². The van der Waals surface area contributed by atoms with Crippen molar-refractivity contribution >= 4 is 50.1 Å². The standard InChI is InChI=1S/C14H9BrClNO2/c15-11-5-4-10-12-8(11)2-1-3-9(12)13(18)17(7-6-16)14(10)19/h1-5H,6-7H2. The summed E-state index contributed by atoms with van der Waals surface area (Å²) >= 11 is 9.11. The second-order valence-corrected chi connectivity index (χ2v) is 5.51. The van der Waals surface area contributed by atoms with Crippen LogP contribution in [0.5, 0.6) is 0 Å². The summed E-state index contributed by atoms with van der Waals surface area (Å²) in [5.41, 5.74) is 1.11. The molecule has 96 valence electrons. The van der Waals surface area contributed by atoms with Gasteiger partial charge in [0.2, 0.25) is 0 Å². The van der Waals surface area contributed by atoms with Gasteiger partial charge in [0.1, 0.15) is 0 Å². The number of carbonyl (C=O) groups excluding carboxylic acids is 2. The van der Waals surface area contributed by atoms with Gasteiger partial charge in [-0.1, -0.05) is 28.1 Å². The average molecular weight is 339 g/mol. The number of benzene rings is 2. The first-order valence-electron chi connectivity index (χ1n) is 5.78. The Labute approximate surface area is 123 Å². The van der Waals surface area contributed by atoms with Crippen molar-refractivity contribution in [2.45, 2.75) is 0 Å². The lowest BCUT2D eigenvalue weighted by molar-refractivity contribution is 0.0620. The molecule has 2 aromatic carbocycles. The van der Waals surface area contributed by atoms with Gasteiger partial charge in [0.25, 0.3) is 11.8 Å². The SMILES string of the molecule is O=C1c2cccc3c(Br)ccc(c23)C(=O)N1CCCl. The van der Waals surface area contributed by atoms with Gasteiger partial charge < -0.3 is 0 Å². The van der Waals surface area contributed by atoms with Crippen molar-refractivity contribution in [1.29, 1.82) is 0 Å². The van der Waals surface area contributed by atoms with Crippen LogP contribution in [0.1, 0.15) is 20.7 Å². The van der Waals surface area contributed by atoms with Gasteiger partial charge in [0.05, 0.1) is 0 Å². The molecule has 1 aliphatic rings. The van der Waals surface area contributed by atoms with Crippen LogP contribution in [0.15, 0.2) is 34.8 Å². The van der Waals surface area contributed by atoms with Crippen LogP contribution in [0, 0.1) is 0 Å². The van der Waals surface area contributed by atoms with E-state index in [1.807, 2.05) is 18.2 Å². The van der Waals surface area contributed by atoms with E-state index in [0.29, 0.717) is 11.1 Å². The Bertz CT molecular complexity index is 692. The van der Waals surface area contributed by atoms with E-state index in [2.05, 4.69) is 15.9 Å². The van der Waals surface area contributed by atoms with Crippen molar-refractivity contribution in [3.63, 3.8) is 0 Å². The number of nitrogens with zero attached hydrogens (tertiary/aromatic N) is 1. The van der Waals surface area contributed by atoms with Crippen LogP contribution in [0.25, 0.3) is 10.8 Å². The van der Waals surface area contributed by atoms with Gasteiger partial charge in [0, 0.05) is 33.4 Å². The zero-order chi connectivity index (χ0) is 13.6. The first-order chi connectivity index (χ1) is 9.15. The molecule has 3 rings (SSSR count). The summed E-state index contributed by atoms with van der Waals surface area (Å²) in [5.74, 6) is -0.317. The molecule has 0 saturated carbocycles. The fraction of sp³-hybridized carbons (Fsp3) is 0.143. The van der Waals surface area contributed by atoms with E-state index in [1.54, 1.807) is 12.1 Å². The Hall–Kier alpha value is -1.39. The van der Waals surface area contributed by atoms with Gasteiger partial charge >= 0.3 is 0 Å². The second-order valence-electron chi connectivity index (χ2n) is 4.27. The van der Waals surface area contributed by atoms with E-state index >= 15 is 0 Å². The fourth-order valence-electron chi connectivity index (χ4n) is 2.40. The number of amides is 2. The molecule has 19 heavy (non-hydrogen) atoms. The number of hydrogen-bond donors (Lipinski definition) is 0. The minimum absolute atomic E-state index is 0.227. The van der Waals surface area contributed by atoms with Crippen molar-refractivity contribution < 1.29 is 9.59 Å². The van der Waals surface area contributed by atoms with Crippen LogP contribution in [-0.4, -0.2) is 29.1 Å². The number of carbonyl (C=O) groups is 2. The highest BCUT2D eigenvalue weighted by atomic mass is 79.9. The Balaban J connectivity index is 2.35. The monoisotopic (exact) mass is 337 g/mol. The third kappa shape index (κ3) is 1.78. The van der Waals surface area contributed by atoms with E-state index in [0.717, 1.165) is 15.2 Å². The summed E-state index contributed by atoms with van der Waals surface area (Å²) in [7, 11) is 0. The highest BCUT2D eigenvalue weighted by molar-refractivity contribution is 9.10. The molecule has 0 saturated heterocycles. The zero-order valence-electron chi connectivity index (χ0n) is 9.82. The summed E-state index contributed by atoms with van der Waals surface area (Å²) in [4.78, 5) is 25.9. The molecule has 0 bridgehead atoms. The summed E-state index contributed by atoms with van der Waals surface area (Å²) in [6.07, 6.45) is 0. The lowest BCUT2D eigenvalue weighted by Gasteiger charge is -2.26. The highest BCUT2D eigenvalue weighted by Gasteiger charge is 2.32. The van der Waals surface area contributed by atoms with Gasteiger partial charge in [-0.15, -0.1) is 11.6 Å². The molecule has 0 atom stereocenters. The predicted octanol–water partition coefficient (Wildman–Crippen LogP) is 3.44. The van der Waals surface area contributed by atoms with Crippen LogP contribution in [-0.2, 0) is 0 Å². The molecule has 0 aliphatic carbocycles. The molecule has 5 heteroatoms. The quantitative estimate of drug-likeness (QED) is 0.621. The van der Waals surface area contributed by atoms with Crippen molar-refractivity contribution in [2.75, 3.05) is 12.4 Å². The van der Waals surface area contributed by atoms with E-state index in [-0.39, 0.29) is 24.2 Å². The summed E-state index contributed by atoms with van der Waals surface area (Å²) in [6, 6.07) is 9.02. The zero-order valence-corrected chi connectivity index (χ0v) is 12.2. The van der Waals surface area contributed by atoms with Gasteiger partial charge in [-0.05, 0) is 23.6 Å². The van der Waals surface area contributed by atoms with Crippen molar-refractivity contribution in [1.82, 2.24) is 4.90 Å². The van der Waals surface area contributed by atoms with E-state index in [4.69, 9.17) is 11.6 Å². The molecule has 0 fully saturated rings. The molecule has 1 aliphatic heterocycles. The fourth-order valence-corrected chi connectivity index (χ4v) is 3.03. The second kappa shape index (κ2) is 4.62. The predicted molar refractivity (Wildman–Crippen MR) is 77.7 cm³/mol. The average Bonchev–Trinajstić information content (AvgIpc) is 2.42. The van der Waals surface area contributed by atoms with Crippen molar-refractivity contribution in [2.24, 2.45) is 0 Å². The number of hydrogen-bond acceptors (Lipinski definition) is 2. The Kier molecular flexibility index (Phi) is 3.07. The van der Waals surface area contributed by atoms with Crippen molar-refractivity contribution in [3.8, 4) is 0 Å². The van der Waals surface area contributed by atoms with E-state index < -0.39 is 0 Å². The molecule has 0 radical (unpaired) electrons. The largest absolute Gasteiger partial charge is 0.273 e. The topological polar surface area (TPSA) is 37.4 Å². The molecular formula is C14H9BrClNO2. The molecule has 0 N–H and O–H groups in total. The molecule has 0 unspecified atom stereocenters. The Morgan fingerprint density at radius 1 is 1.05 bits per heavy atom. The maximum atomic E-state index is 12.3. The normalized spacial score (nSPS) is 14.3. The minimum atomic E-state index is -0.276. The van der Waals surface area contributed by atoms with Gasteiger partial charge in [-0.2, -0.15) is 0 Å². The van der Waals surface area contributed by atoms with Crippen LogP contribution in [0.2, 0.25) is 0 Å². The lowest BCUT2D eigenvalue weighted by Crippen LogP contribution is -2.41. The van der Waals surface area contributed by atoms with Crippen LogP contribution in [0.4, 0.5) is 0 Å². The maximum Gasteiger partial charge on any atom is 0.261 e. The first-order valence-corrected chi connectivity index (χ1v) is 7.11. The molecule has 3 nitrogen and oxygen atoms in total. The van der Waals surface area contributed by atoms with Gasteiger partial charge in [-0.3, -0.25) is 14.5 Å². The van der Waals surface area contributed by atoms with Gasteiger partial charge in [-0.25, -0.2) is 0 Å². The van der Waals surface area contributed by atoms with Crippen LogP contribution >= 0.6 is 27.5 Å². The van der Waals surface area contributed by atoms with Crippen LogP contribution in [0.3, 0.4) is 0 Å². The van der Waals surface area contributed by atoms with Crippen LogP contribution < -0.4 is 0 Å². The molecule has 0 aromatic heterocycles. The third-order valence-electron chi connectivity index (χ3n) is 3.25. The molecular weight excluding hydrogens is 330 g/mol. The first kappa shape index (κ1) is 12.6. The Morgan fingerprint density at radius 3 is 2.42 bits per heavy atom. The lowest BCUT2D eigenvalue weighted by atomic mass is 9.94. The summed E-state index contributed by atoms with van der Waals surface area (Å²) in [5, 5.41) is 1.60. The van der Waals surface area contributed by atoms with E-state index in [9.17, 15) is 9.59 Å². The molecule has 0 spiro atoms. The maximum absolute atomic E-state index is 12.3. The van der Waals surface area contributed by atoms with Gasteiger partial charge in [0.15, 0.2) is 0 Å². The third-order valence-corrected chi connectivity index (χ3v) is 4.11. The smallest absolute Gasteiger partial charge is 0.261 e. The number of halogens is 2. The minimum Gasteiger partial charge on any atom is -0.273 e. The molecule has 2 amide bonds. The molecule has 1 heterocycles. The number of imide groups is 1. The van der Waals surface area contributed by atoms with Crippen molar-refractivity contribution in [3.05, 3.63) is 45.9 Å². The summed E-state index contributed by atoms with van der Waals surface area (Å²) in [6.45, 7) is 0.227. The summed E-state index contributed by atoms with van der Waals surface area (Å²) < 4.78 is 0.875.